The molecule has 0 spiro atoms. The molecule has 0 radical (unpaired) electrons. The first kappa shape index (κ1) is 8.42. The minimum Gasteiger partial charge on any atom is -0.368 e. The SMILES string of the molecule is Cc1cc(-n2nc(N)nc2N)ncn1. The highest BCUT2D eigenvalue weighted by Crippen LogP contribution is 2.09. The maximum atomic E-state index is 5.57. The molecule has 72 valence electrons. The van der Waals surface area contributed by atoms with Gasteiger partial charge in [0.1, 0.15) is 6.33 Å². The van der Waals surface area contributed by atoms with Gasteiger partial charge >= 0.3 is 0 Å². The summed E-state index contributed by atoms with van der Waals surface area (Å²) in [5.41, 5.74) is 11.8. The fraction of sp³-hybridized carbons (Fsp3) is 0.143. The zero-order valence-electron chi connectivity index (χ0n) is 7.55. The zero-order valence-corrected chi connectivity index (χ0v) is 7.55. The molecule has 2 aromatic heterocycles. The third kappa shape index (κ3) is 1.35. The second-order valence-corrected chi connectivity index (χ2v) is 2.76. The van der Waals surface area contributed by atoms with Crippen molar-refractivity contribution < 1.29 is 0 Å². The molecule has 0 aliphatic rings. The second kappa shape index (κ2) is 2.95. The standard InChI is InChI=1S/C7H9N7/c1-4-2-5(11-3-10-4)14-7(9)12-6(8)13-14/h2-3H,1H3,(H4,8,9,12,13). The average Bonchev–Trinajstić information content (AvgIpc) is 2.45. The molecule has 4 N–H and O–H groups in total. The number of aryl methyl sites for hydroxylation is 1. The summed E-state index contributed by atoms with van der Waals surface area (Å²) >= 11 is 0. The van der Waals surface area contributed by atoms with Crippen LogP contribution in [0.25, 0.3) is 5.82 Å². The molecule has 2 rings (SSSR count). The number of nitrogen functional groups attached to an aromatic ring is 2. The van der Waals surface area contributed by atoms with Crippen LogP contribution in [0, 0.1) is 6.92 Å². The third-order valence-electron chi connectivity index (χ3n) is 1.65. The highest BCUT2D eigenvalue weighted by molar-refractivity contribution is 5.35. The van der Waals surface area contributed by atoms with Crippen LogP contribution in [0.1, 0.15) is 5.69 Å². The number of hydrogen-bond acceptors (Lipinski definition) is 6. The van der Waals surface area contributed by atoms with Crippen LogP contribution in [0.3, 0.4) is 0 Å². The van der Waals surface area contributed by atoms with E-state index in [0.29, 0.717) is 5.82 Å². The molecule has 0 aliphatic carbocycles. The molecule has 0 amide bonds. The molecule has 7 nitrogen and oxygen atoms in total. The molecule has 0 bridgehead atoms. The van der Waals surface area contributed by atoms with Gasteiger partial charge in [0, 0.05) is 11.8 Å². The largest absolute Gasteiger partial charge is 0.368 e. The summed E-state index contributed by atoms with van der Waals surface area (Å²) in [4.78, 5) is 11.7. The number of anilines is 2. The predicted octanol–water partition coefficient (Wildman–Crippen LogP) is -0.470. The molecule has 0 saturated heterocycles. The Kier molecular flexibility index (Phi) is 1.77. The van der Waals surface area contributed by atoms with Gasteiger partial charge in [0.25, 0.3) is 0 Å². The Hall–Kier alpha value is -2.18. The molecule has 0 atom stereocenters. The predicted molar refractivity (Wildman–Crippen MR) is 50.5 cm³/mol. The summed E-state index contributed by atoms with van der Waals surface area (Å²) in [6, 6.07) is 1.74. The molecule has 7 heteroatoms. The number of rotatable bonds is 1. The van der Waals surface area contributed by atoms with Crippen LogP contribution < -0.4 is 11.5 Å². The smallest absolute Gasteiger partial charge is 0.241 e. The number of nitrogens with zero attached hydrogens (tertiary/aromatic N) is 5. The van der Waals surface area contributed by atoms with Crippen molar-refractivity contribution in [3.05, 3.63) is 18.1 Å². The fourth-order valence-electron chi connectivity index (χ4n) is 1.07. The Morgan fingerprint density at radius 1 is 1.29 bits per heavy atom. The van der Waals surface area contributed by atoms with Gasteiger partial charge in [0.05, 0.1) is 0 Å². The van der Waals surface area contributed by atoms with Crippen molar-refractivity contribution in [3.8, 4) is 5.82 Å². The Bertz CT molecular complexity index is 461. The van der Waals surface area contributed by atoms with E-state index in [4.69, 9.17) is 11.5 Å². The maximum absolute atomic E-state index is 5.57. The van der Waals surface area contributed by atoms with Crippen LogP contribution in [0.2, 0.25) is 0 Å². The van der Waals surface area contributed by atoms with Crippen molar-refractivity contribution in [1.82, 2.24) is 24.7 Å². The van der Waals surface area contributed by atoms with Crippen molar-refractivity contribution >= 4 is 11.9 Å². The first-order valence-corrected chi connectivity index (χ1v) is 3.94. The van der Waals surface area contributed by atoms with Gasteiger partial charge in [-0.05, 0) is 6.92 Å². The van der Waals surface area contributed by atoms with E-state index < -0.39 is 0 Å². The Morgan fingerprint density at radius 2 is 2.07 bits per heavy atom. The van der Waals surface area contributed by atoms with E-state index in [1.807, 2.05) is 6.92 Å². The van der Waals surface area contributed by atoms with Crippen molar-refractivity contribution in [3.63, 3.8) is 0 Å². The Morgan fingerprint density at radius 3 is 2.64 bits per heavy atom. The summed E-state index contributed by atoms with van der Waals surface area (Å²) in [7, 11) is 0. The lowest BCUT2D eigenvalue weighted by molar-refractivity contribution is 0.847. The van der Waals surface area contributed by atoms with Gasteiger partial charge in [-0.1, -0.05) is 0 Å². The average molecular weight is 191 g/mol. The van der Waals surface area contributed by atoms with Gasteiger partial charge in [-0.2, -0.15) is 9.67 Å². The molecule has 0 saturated carbocycles. The van der Waals surface area contributed by atoms with E-state index in [9.17, 15) is 0 Å². The van der Waals surface area contributed by atoms with Gasteiger partial charge in [-0.25, -0.2) is 9.97 Å². The summed E-state index contributed by atoms with van der Waals surface area (Å²) in [5.74, 6) is 0.888. The Balaban J connectivity index is 2.54. The Labute approximate surface area is 79.8 Å². The molecule has 0 unspecified atom stereocenters. The number of nitrogens with two attached hydrogens (primary N) is 2. The highest BCUT2D eigenvalue weighted by Gasteiger charge is 2.07. The van der Waals surface area contributed by atoms with Crippen LogP contribution in [-0.2, 0) is 0 Å². The maximum Gasteiger partial charge on any atom is 0.241 e. The van der Waals surface area contributed by atoms with E-state index in [0.717, 1.165) is 5.69 Å². The van der Waals surface area contributed by atoms with Gasteiger partial charge < -0.3 is 11.5 Å². The lowest BCUT2D eigenvalue weighted by Gasteiger charge is -2.00. The minimum atomic E-state index is 0.124. The lowest BCUT2D eigenvalue weighted by Crippen LogP contribution is -2.05. The second-order valence-electron chi connectivity index (χ2n) is 2.76. The molecule has 2 heterocycles. The molecule has 0 fully saturated rings. The van der Waals surface area contributed by atoms with E-state index in [1.165, 1.54) is 11.0 Å². The minimum absolute atomic E-state index is 0.124. The summed E-state index contributed by atoms with van der Waals surface area (Å²) in [6.07, 6.45) is 1.43. The number of aromatic nitrogens is 5. The molecule has 0 aromatic carbocycles. The third-order valence-corrected chi connectivity index (χ3v) is 1.65. The van der Waals surface area contributed by atoms with Gasteiger partial charge in [0.2, 0.25) is 11.9 Å². The molecular weight excluding hydrogens is 182 g/mol. The summed E-state index contributed by atoms with van der Waals surface area (Å²) in [5, 5.41) is 3.89. The normalized spacial score (nSPS) is 10.4. The van der Waals surface area contributed by atoms with E-state index in [-0.39, 0.29) is 11.9 Å². The van der Waals surface area contributed by atoms with Gasteiger partial charge in [-0.3, -0.25) is 0 Å². The van der Waals surface area contributed by atoms with E-state index >= 15 is 0 Å². The zero-order chi connectivity index (χ0) is 10.1. The first-order valence-electron chi connectivity index (χ1n) is 3.94. The van der Waals surface area contributed by atoms with Crippen molar-refractivity contribution in [2.75, 3.05) is 11.5 Å². The summed E-state index contributed by atoms with van der Waals surface area (Å²) in [6.45, 7) is 1.85. The molecular formula is C7H9N7. The first-order chi connectivity index (χ1) is 6.66. The van der Waals surface area contributed by atoms with Crippen LogP contribution in [0.15, 0.2) is 12.4 Å². The number of hydrogen-bond donors (Lipinski definition) is 2. The van der Waals surface area contributed by atoms with E-state index in [1.54, 1.807) is 6.07 Å². The van der Waals surface area contributed by atoms with Crippen molar-refractivity contribution in [2.45, 2.75) is 6.92 Å². The van der Waals surface area contributed by atoms with E-state index in [2.05, 4.69) is 20.1 Å². The molecule has 2 aromatic rings. The highest BCUT2D eigenvalue weighted by atomic mass is 15.4. The molecule has 0 aliphatic heterocycles. The monoisotopic (exact) mass is 191 g/mol. The fourth-order valence-corrected chi connectivity index (χ4v) is 1.07. The van der Waals surface area contributed by atoms with Gasteiger partial charge in [0.15, 0.2) is 5.82 Å². The van der Waals surface area contributed by atoms with Gasteiger partial charge in [-0.15, -0.1) is 5.10 Å². The van der Waals surface area contributed by atoms with Crippen molar-refractivity contribution in [2.24, 2.45) is 0 Å². The summed E-state index contributed by atoms with van der Waals surface area (Å²) < 4.78 is 1.37. The quantitative estimate of drug-likeness (QED) is 0.630. The van der Waals surface area contributed by atoms with Crippen LogP contribution in [0.5, 0.6) is 0 Å². The topological polar surface area (TPSA) is 109 Å². The molecule has 14 heavy (non-hydrogen) atoms. The van der Waals surface area contributed by atoms with Crippen LogP contribution >= 0.6 is 0 Å². The lowest BCUT2D eigenvalue weighted by atomic mass is 10.4. The van der Waals surface area contributed by atoms with Crippen molar-refractivity contribution in [1.29, 1.82) is 0 Å². The van der Waals surface area contributed by atoms with Crippen LogP contribution in [-0.4, -0.2) is 24.7 Å². The van der Waals surface area contributed by atoms with Crippen LogP contribution in [0.4, 0.5) is 11.9 Å².